The number of carbonyl (C=O) groups excluding carboxylic acids is 1. The number of hydrogen-bond acceptors (Lipinski definition) is 4. The summed E-state index contributed by atoms with van der Waals surface area (Å²) < 4.78 is 5.47. The normalized spacial score (nSPS) is 21.9. The zero-order valence-corrected chi connectivity index (χ0v) is 10.9. The van der Waals surface area contributed by atoms with Crippen LogP contribution in [0.15, 0.2) is 18.2 Å². The number of nitrogens with zero attached hydrogens (tertiary/aromatic N) is 1. The Kier molecular flexibility index (Phi) is 3.40. The lowest BCUT2D eigenvalue weighted by atomic mass is 10.1. The van der Waals surface area contributed by atoms with Gasteiger partial charge in [0, 0.05) is 38.2 Å². The Hall–Kier alpha value is -1.59. The van der Waals surface area contributed by atoms with Gasteiger partial charge in [-0.3, -0.25) is 4.79 Å². The third kappa shape index (κ3) is 2.31. The van der Waals surface area contributed by atoms with Crippen molar-refractivity contribution < 1.29 is 9.53 Å². The quantitative estimate of drug-likeness (QED) is 0.786. The van der Waals surface area contributed by atoms with E-state index in [-0.39, 0.29) is 11.9 Å². The predicted octanol–water partition coefficient (Wildman–Crippen LogP) is -0.00580. The van der Waals surface area contributed by atoms with Crippen molar-refractivity contribution in [1.29, 1.82) is 0 Å². The number of carbonyl (C=O) groups is 1. The Labute approximate surface area is 112 Å². The third-order valence-corrected chi connectivity index (χ3v) is 3.82. The molecule has 0 saturated carbocycles. The van der Waals surface area contributed by atoms with Gasteiger partial charge in [-0.2, -0.15) is 0 Å². The van der Waals surface area contributed by atoms with Crippen molar-refractivity contribution in [3.05, 3.63) is 29.3 Å². The molecule has 1 aromatic carbocycles. The molecule has 1 amide bonds. The van der Waals surface area contributed by atoms with Crippen LogP contribution in [0.2, 0.25) is 0 Å². The minimum Gasteiger partial charge on any atom is -0.493 e. The van der Waals surface area contributed by atoms with Crippen molar-refractivity contribution in [2.45, 2.75) is 12.5 Å². The summed E-state index contributed by atoms with van der Waals surface area (Å²) in [4.78, 5) is 14.5. The SMILES string of the molecule is NCC1CNCCN1C(=O)c1ccc2c(c1)CCO2. The number of benzene rings is 1. The molecule has 5 heteroatoms. The fraction of sp³-hybridized carbons (Fsp3) is 0.500. The zero-order valence-electron chi connectivity index (χ0n) is 10.9. The van der Waals surface area contributed by atoms with E-state index >= 15 is 0 Å². The highest BCUT2D eigenvalue weighted by Gasteiger charge is 2.27. The van der Waals surface area contributed by atoms with Crippen LogP contribution >= 0.6 is 0 Å². The number of fused-ring (bicyclic) bond motifs is 1. The summed E-state index contributed by atoms with van der Waals surface area (Å²) in [7, 11) is 0. The van der Waals surface area contributed by atoms with E-state index in [1.807, 2.05) is 23.1 Å². The monoisotopic (exact) mass is 261 g/mol. The van der Waals surface area contributed by atoms with Gasteiger partial charge in [0.1, 0.15) is 5.75 Å². The summed E-state index contributed by atoms with van der Waals surface area (Å²) in [6.45, 7) is 3.53. The molecule has 1 unspecified atom stereocenters. The molecule has 0 radical (unpaired) electrons. The van der Waals surface area contributed by atoms with Crippen molar-refractivity contribution in [2.75, 3.05) is 32.8 Å². The van der Waals surface area contributed by atoms with Crippen molar-refractivity contribution in [3.8, 4) is 5.75 Å². The molecule has 102 valence electrons. The topological polar surface area (TPSA) is 67.6 Å². The average molecular weight is 261 g/mol. The molecule has 2 aliphatic rings. The second-order valence-electron chi connectivity index (χ2n) is 5.01. The molecule has 3 rings (SSSR count). The van der Waals surface area contributed by atoms with E-state index in [9.17, 15) is 4.79 Å². The highest BCUT2D eigenvalue weighted by molar-refractivity contribution is 5.95. The maximum absolute atomic E-state index is 12.6. The lowest BCUT2D eigenvalue weighted by Crippen LogP contribution is -2.56. The first-order chi connectivity index (χ1) is 9.29. The second-order valence-corrected chi connectivity index (χ2v) is 5.01. The van der Waals surface area contributed by atoms with Crippen LogP contribution in [0.5, 0.6) is 5.75 Å². The predicted molar refractivity (Wildman–Crippen MR) is 72.4 cm³/mol. The highest BCUT2D eigenvalue weighted by atomic mass is 16.5. The van der Waals surface area contributed by atoms with E-state index in [0.717, 1.165) is 36.4 Å². The summed E-state index contributed by atoms with van der Waals surface area (Å²) in [5.41, 5.74) is 7.62. The average Bonchev–Trinajstić information content (AvgIpc) is 2.93. The maximum atomic E-state index is 12.6. The molecule has 19 heavy (non-hydrogen) atoms. The van der Waals surface area contributed by atoms with Gasteiger partial charge in [0.05, 0.1) is 12.6 Å². The summed E-state index contributed by atoms with van der Waals surface area (Å²) >= 11 is 0. The van der Waals surface area contributed by atoms with Gasteiger partial charge >= 0.3 is 0 Å². The number of nitrogens with one attached hydrogen (secondary N) is 1. The molecular formula is C14H19N3O2. The molecule has 2 aliphatic heterocycles. The Morgan fingerprint density at radius 2 is 2.42 bits per heavy atom. The minimum atomic E-state index is 0.0756. The van der Waals surface area contributed by atoms with E-state index in [1.165, 1.54) is 0 Å². The summed E-state index contributed by atoms with van der Waals surface area (Å²) in [5, 5.41) is 3.27. The molecule has 1 saturated heterocycles. The van der Waals surface area contributed by atoms with Crippen LogP contribution in [-0.4, -0.2) is 49.6 Å². The Morgan fingerprint density at radius 1 is 1.53 bits per heavy atom. The van der Waals surface area contributed by atoms with Crippen LogP contribution in [0.1, 0.15) is 15.9 Å². The molecule has 1 atom stereocenters. The molecule has 1 fully saturated rings. The fourth-order valence-electron chi connectivity index (χ4n) is 2.72. The number of amides is 1. The van der Waals surface area contributed by atoms with E-state index in [4.69, 9.17) is 10.5 Å². The van der Waals surface area contributed by atoms with Crippen molar-refractivity contribution in [1.82, 2.24) is 10.2 Å². The summed E-state index contributed by atoms with van der Waals surface area (Å²) in [6.07, 6.45) is 0.887. The Balaban J connectivity index is 1.82. The van der Waals surface area contributed by atoms with E-state index in [2.05, 4.69) is 5.32 Å². The molecule has 0 aromatic heterocycles. The molecule has 0 aliphatic carbocycles. The van der Waals surface area contributed by atoms with Crippen LogP contribution in [0.3, 0.4) is 0 Å². The maximum Gasteiger partial charge on any atom is 0.254 e. The molecule has 1 aromatic rings. The van der Waals surface area contributed by atoms with Crippen molar-refractivity contribution in [2.24, 2.45) is 5.73 Å². The molecule has 3 N–H and O–H groups in total. The lowest BCUT2D eigenvalue weighted by molar-refractivity contribution is 0.0644. The van der Waals surface area contributed by atoms with Gasteiger partial charge in [-0.15, -0.1) is 0 Å². The second kappa shape index (κ2) is 5.19. The van der Waals surface area contributed by atoms with Gasteiger partial charge in [0.2, 0.25) is 0 Å². The molecule has 2 heterocycles. The molecule has 5 nitrogen and oxygen atoms in total. The van der Waals surface area contributed by atoms with E-state index in [0.29, 0.717) is 19.7 Å². The third-order valence-electron chi connectivity index (χ3n) is 3.82. The van der Waals surface area contributed by atoms with Crippen molar-refractivity contribution >= 4 is 5.91 Å². The fourth-order valence-corrected chi connectivity index (χ4v) is 2.72. The van der Waals surface area contributed by atoms with E-state index < -0.39 is 0 Å². The van der Waals surface area contributed by atoms with Gasteiger partial charge in [-0.25, -0.2) is 0 Å². The van der Waals surface area contributed by atoms with E-state index in [1.54, 1.807) is 0 Å². The molecule has 0 spiro atoms. The number of rotatable bonds is 2. The minimum absolute atomic E-state index is 0.0756. The lowest BCUT2D eigenvalue weighted by Gasteiger charge is -2.35. The Morgan fingerprint density at radius 3 is 3.26 bits per heavy atom. The summed E-state index contributed by atoms with van der Waals surface area (Å²) in [6, 6.07) is 5.79. The van der Waals surface area contributed by atoms with Crippen LogP contribution in [0.4, 0.5) is 0 Å². The largest absolute Gasteiger partial charge is 0.493 e. The van der Waals surface area contributed by atoms with Crippen LogP contribution in [0, 0.1) is 0 Å². The molecule has 0 bridgehead atoms. The highest BCUT2D eigenvalue weighted by Crippen LogP contribution is 2.26. The Bertz CT molecular complexity index is 490. The van der Waals surface area contributed by atoms with Gasteiger partial charge in [-0.1, -0.05) is 0 Å². The van der Waals surface area contributed by atoms with Gasteiger partial charge in [-0.05, 0) is 23.8 Å². The molecular weight excluding hydrogens is 242 g/mol. The first kappa shape index (κ1) is 12.4. The van der Waals surface area contributed by atoms with Crippen LogP contribution in [0.25, 0.3) is 0 Å². The number of hydrogen-bond donors (Lipinski definition) is 2. The van der Waals surface area contributed by atoms with Crippen LogP contribution < -0.4 is 15.8 Å². The zero-order chi connectivity index (χ0) is 13.2. The summed E-state index contributed by atoms with van der Waals surface area (Å²) in [5.74, 6) is 0.985. The smallest absolute Gasteiger partial charge is 0.254 e. The first-order valence-corrected chi connectivity index (χ1v) is 6.77. The number of piperazine rings is 1. The number of ether oxygens (including phenoxy) is 1. The first-order valence-electron chi connectivity index (χ1n) is 6.77. The van der Waals surface area contributed by atoms with Gasteiger partial charge in [0.15, 0.2) is 0 Å². The van der Waals surface area contributed by atoms with Gasteiger partial charge < -0.3 is 20.7 Å². The van der Waals surface area contributed by atoms with Crippen LogP contribution in [-0.2, 0) is 6.42 Å². The standard InChI is InChI=1S/C14H19N3O2/c15-8-12-9-16-4-5-17(12)14(18)11-1-2-13-10(7-11)3-6-19-13/h1-2,7,12,16H,3-6,8-9,15H2. The van der Waals surface area contributed by atoms with Crippen molar-refractivity contribution in [3.63, 3.8) is 0 Å². The van der Waals surface area contributed by atoms with Gasteiger partial charge in [0.25, 0.3) is 5.91 Å². The number of nitrogens with two attached hydrogens (primary N) is 1.